The largest absolute Gasteiger partial charge is 0.494 e. The topological polar surface area (TPSA) is 225 Å². The lowest BCUT2D eigenvalue weighted by Crippen LogP contribution is -2.30. The summed E-state index contributed by atoms with van der Waals surface area (Å²) in [5.74, 6) is -1.81. The van der Waals surface area contributed by atoms with Gasteiger partial charge in [-0.2, -0.15) is 5.10 Å². The average Bonchev–Trinajstić information content (AvgIpc) is 3.93. The van der Waals surface area contributed by atoms with Gasteiger partial charge in [-0.1, -0.05) is 36.6 Å². The third-order valence-electron chi connectivity index (χ3n) is 13.9. The van der Waals surface area contributed by atoms with Gasteiger partial charge in [0, 0.05) is 17.7 Å². The lowest BCUT2D eigenvalue weighted by atomic mass is 9.82. The average molecular weight is 1130 g/mol. The first-order valence-corrected chi connectivity index (χ1v) is 28.6. The third kappa shape index (κ3) is 19.7. The number of aliphatic hydroxyl groups excluding tert-OH is 1. The van der Waals surface area contributed by atoms with Gasteiger partial charge in [-0.15, -0.1) is 0 Å². The van der Waals surface area contributed by atoms with Crippen LogP contribution in [0.1, 0.15) is 108 Å². The normalized spacial score (nSPS) is 16.9. The van der Waals surface area contributed by atoms with Crippen LogP contribution in [0, 0.1) is 23.7 Å². The molecule has 2 aliphatic carbocycles. The smallest absolute Gasteiger partial charge is 0.330 e. The molecule has 1 N–H and O–H groups in total. The minimum Gasteiger partial charge on any atom is -0.494 e. The molecule has 0 bridgehead atoms. The molecule has 19 heteroatoms. The summed E-state index contributed by atoms with van der Waals surface area (Å²) in [6.07, 6.45) is 14.0. The van der Waals surface area contributed by atoms with Crippen LogP contribution in [-0.4, -0.2) is 91.7 Å². The van der Waals surface area contributed by atoms with E-state index in [9.17, 15) is 33.9 Å². The van der Waals surface area contributed by atoms with Crippen LogP contribution in [0.5, 0.6) is 34.5 Å². The van der Waals surface area contributed by atoms with E-state index in [1.807, 2.05) is 24.3 Å². The number of hydrogen-bond acceptors (Lipinski definition) is 19. The number of fused-ring (bicyclic) bond motifs is 1. The Morgan fingerprint density at radius 2 is 0.963 bits per heavy atom. The van der Waals surface area contributed by atoms with Crippen molar-refractivity contribution in [3.63, 3.8) is 0 Å². The monoisotopic (exact) mass is 1130 g/mol. The van der Waals surface area contributed by atoms with Crippen molar-refractivity contribution in [1.29, 1.82) is 0 Å². The minimum absolute atomic E-state index is 0.117. The molecule has 430 valence electrons. The molecular weight excluding hydrogens is 1060 g/mol. The van der Waals surface area contributed by atoms with Crippen LogP contribution in [0.15, 0.2) is 121 Å². The zero-order chi connectivity index (χ0) is 57.2. The fourth-order valence-corrected chi connectivity index (χ4v) is 10.2. The van der Waals surface area contributed by atoms with Crippen LogP contribution in [0.3, 0.4) is 0 Å². The van der Waals surface area contributed by atoms with Gasteiger partial charge in [0.05, 0.1) is 79.7 Å². The minimum atomic E-state index is -0.495. The molecule has 1 heterocycles. The summed E-state index contributed by atoms with van der Waals surface area (Å²) in [6, 6.07) is 26.1. The Labute approximate surface area is 476 Å². The quantitative estimate of drug-likeness (QED) is 0.0109. The number of carbonyl (C=O) groups is 6. The maximum absolute atomic E-state index is 13.8. The second-order valence-electron chi connectivity index (χ2n) is 19.7. The second kappa shape index (κ2) is 32.4. The molecule has 2 aliphatic rings. The highest BCUT2D eigenvalue weighted by Gasteiger charge is 2.34. The Morgan fingerprint density at radius 1 is 0.543 bits per heavy atom. The Hall–Kier alpha value is -7.90. The van der Waals surface area contributed by atoms with Crippen molar-refractivity contribution in [2.24, 2.45) is 28.8 Å². The molecule has 1 aromatic heterocycles. The molecule has 7 rings (SSSR count). The van der Waals surface area contributed by atoms with E-state index >= 15 is 0 Å². The number of hydrogen-bond donors (Lipinski definition) is 1. The van der Waals surface area contributed by atoms with E-state index in [0.29, 0.717) is 111 Å². The molecule has 18 nitrogen and oxygen atoms in total. The number of benzene rings is 4. The summed E-state index contributed by atoms with van der Waals surface area (Å²) in [6.45, 7) is 8.44. The number of rotatable bonds is 31. The molecule has 0 atom stereocenters. The zero-order valence-electron chi connectivity index (χ0n) is 45.6. The van der Waals surface area contributed by atoms with Crippen molar-refractivity contribution in [1.82, 2.24) is 4.98 Å². The van der Waals surface area contributed by atoms with E-state index in [1.54, 1.807) is 71.7 Å². The fraction of sp³-hybridized carbons (Fsp3) is 0.419. The van der Waals surface area contributed by atoms with E-state index in [0.717, 1.165) is 73.7 Å². The van der Waals surface area contributed by atoms with Crippen molar-refractivity contribution >= 4 is 68.7 Å². The van der Waals surface area contributed by atoms with Gasteiger partial charge in [-0.05, 0) is 182 Å². The highest BCUT2D eigenvalue weighted by molar-refractivity contribution is 7.22. The van der Waals surface area contributed by atoms with E-state index in [-0.39, 0.29) is 36.6 Å². The van der Waals surface area contributed by atoms with E-state index in [2.05, 4.69) is 18.3 Å². The van der Waals surface area contributed by atoms with Crippen molar-refractivity contribution in [2.75, 3.05) is 44.6 Å². The number of thiazole rings is 1. The lowest BCUT2D eigenvalue weighted by molar-refractivity contribution is -0.145. The van der Waals surface area contributed by atoms with E-state index < -0.39 is 47.5 Å². The molecule has 0 spiro atoms. The summed E-state index contributed by atoms with van der Waals surface area (Å²) < 4.78 is 46.0. The molecular formula is C62H71N3O15S. The molecule has 81 heavy (non-hydrogen) atoms. The van der Waals surface area contributed by atoms with Crippen LogP contribution in [0.4, 0.5) is 5.13 Å². The maximum atomic E-state index is 13.8. The summed E-state index contributed by atoms with van der Waals surface area (Å²) in [5.41, 5.74) is 1.10. The van der Waals surface area contributed by atoms with Gasteiger partial charge in [-0.3, -0.25) is 19.2 Å². The number of esters is 6. The molecule has 2 saturated carbocycles. The van der Waals surface area contributed by atoms with Crippen molar-refractivity contribution < 1.29 is 71.8 Å². The predicted octanol–water partition coefficient (Wildman–Crippen LogP) is 11.1. The van der Waals surface area contributed by atoms with Gasteiger partial charge in [-0.25, -0.2) is 19.6 Å². The molecule has 0 unspecified atom stereocenters. The van der Waals surface area contributed by atoms with Crippen LogP contribution in [0.2, 0.25) is 0 Å². The van der Waals surface area contributed by atoms with Crippen molar-refractivity contribution in [3.8, 4) is 34.5 Å². The predicted molar refractivity (Wildman–Crippen MR) is 305 cm³/mol. The Balaban J connectivity index is 0.887. The Bertz CT molecular complexity index is 2870. The summed E-state index contributed by atoms with van der Waals surface area (Å²) in [4.78, 5) is 80.9. The molecule has 0 aliphatic heterocycles. The van der Waals surface area contributed by atoms with Crippen LogP contribution in [-0.2, 0) is 38.2 Å². The number of aromatic nitrogens is 1. The summed E-state index contributed by atoms with van der Waals surface area (Å²) in [7, 11) is 0. The van der Waals surface area contributed by atoms with E-state index in [4.69, 9.17) is 42.9 Å². The van der Waals surface area contributed by atoms with Crippen LogP contribution in [0.25, 0.3) is 10.2 Å². The maximum Gasteiger partial charge on any atom is 0.330 e. The number of aliphatic hydroxyl groups is 1. The first kappa shape index (κ1) is 60.7. The fourth-order valence-electron chi connectivity index (χ4n) is 9.27. The SMILES string of the molecule is C=CC(=O)OCCCCCCOc1ccc(OC(=O)[C@H]2CC[C@H](C(=O)Oc3ccc(OC(=O)[C@H]4CC[C@H](C(=O)Oc5ccc(OCCCCCCOC(=O)C=C)cc5)CC4)c(/C=N/N(CCO)c4nc5ccccc5s4)c3)CC2)cc1. The van der Waals surface area contributed by atoms with Gasteiger partial charge >= 0.3 is 35.8 Å². The molecule has 4 aromatic carbocycles. The number of hydrazone groups is 1. The summed E-state index contributed by atoms with van der Waals surface area (Å²) in [5, 5.41) is 16.8. The standard InChI is InChI=1S/C62H71N3O15S/c1-3-56(67)75-39-13-7-5-11-37-73-48-25-29-50(30-26-48)77-58(69)43-17-19-45(20-18-43)60(71)79-52-33-34-54(47(41-52)42-63-65(35-36-66)62-64-53-15-9-10-16-55(53)81-62)80-61(72)46-23-21-44(22-24-46)59(70)78-51-31-27-49(28-32-51)74-38-12-6-8-14-40-76-57(68)4-2/h3-4,9-10,15-16,25-34,41-46,66H,1-2,5-8,11-14,17-24,35-40H2/b63-42+/t43-,44-,45-,46-. The number of anilines is 1. The number of ether oxygens (including phenoxy) is 8. The highest BCUT2D eigenvalue weighted by atomic mass is 32.1. The third-order valence-corrected chi connectivity index (χ3v) is 14.9. The highest BCUT2D eigenvalue weighted by Crippen LogP contribution is 2.36. The van der Waals surface area contributed by atoms with Gasteiger partial charge in [0.15, 0.2) is 0 Å². The number of carbonyl (C=O) groups excluding carboxylic acids is 6. The second-order valence-corrected chi connectivity index (χ2v) is 20.8. The molecule has 0 amide bonds. The Morgan fingerprint density at radius 3 is 1.42 bits per heavy atom. The van der Waals surface area contributed by atoms with Crippen LogP contribution < -0.4 is 33.4 Å². The van der Waals surface area contributed by atoms with Gasteiger partial charge < -0.3 is 43.0 Å². The molecule has 2 fully saturated rings. The Kier molecular flexibility index (Phi) is 24.3. The molecule has 0 radical (unpaired) electrons. The number of unbranched alkanes of at least 4 members (excludes halogenated alkanes) is 6. The first-order chi connectivity index (χ1) is 39.5. The van der Waals surface area contributed by atoms with Gasteiger partial charge in [0.25, 0.3) is 0 Å². The molecule has 5 aromatic rings. The van der Waals surface area contributed by atoms with Gasteiger partial charge in [0.1, 0.15) is 34.5 Å². The van der Waals surface area contributed by atoms with Crippen molar-refractivity contribution in [3.05, 3.63) is 122 Å². The zero-order valence-corrected chi connectivity index (χ0v) is 46.4. The van der Waals surface area contributed by atoms with Crippen LogP contribution >= 0.6 is 11.3 Å². The van der Waals surface area contributed by atoms with Crippen molar-refractivity contribution in [2.45, 2.75) is 103 Å². The summed E-state index contributed by atoms with van der Waals surface area (Å²) >= 11 is 1.40. The van der Waals surface area contributed by atoms with E-state index in [1.165, 1.54) is 17.6 Å². The number of para-hydroxylation sites is 1. The molecule has 0 saturated heterocycles. The van der Waals surface area contributed by atoms with Gasteiger partial charge in [0.2, 0.25) is 5.13 Å². The lowest BCUT2D eigenvalue weighted by Gasteiger charge is -2.26. The number of nitrogens with zero attached hydrogens (tertiary/aromatic N) is 3. The first-order valence-electron chi connectivity index (χ1n) is 27.8.